The molecule has 26 heavy (non-hydrogen) atoms. The Hall–Kier alpha value is -3.74. The van der Waals surface area contributed by atoms with E-state index in [-0.39, 0.29) is 11.3 Å². The van der Waals surface area contributed by atoms with Crippen LogP contribution in [0.2, 0.25) is 0 Å². The van der Waals surface area contributed by atoms with Crippen LogP contribution in [0.5, 0.6) is 5.75 Å². The lowest BCUT2D eigenvalue weighted by Gasteiger charge is -2.03. The summed E-state index contributed by atoms with van der Waals surface area (Å²) in [4.78, 5) is 23.7. The Labute approximate surface area is 147 Å². The summed E-state index contributed by atoms with van der Waals surface area (Å²) in [5.41, 5.74) is 3.05. The maximum atomic E-state index is 13.1. The van der Waals surface area contributed by atoms with E-state index in [1.807, 2.05) is 0 Å². The number of esters is 1. The first-order valence-corrected chi connectivity index (χ1v) is 7.56. The second kappa shape index (κ2) is 7.89. The molecule has 0 saturated heterocycles. The van der Waals surface area contributed by atoms with Gasteiger partial charge in [-0.15, -0.1) is 0 Å². The van der Waals surface area contributed by atoms with Gasteiger partial charge in [-0.25, -0.2) is 14.6 Å². The van der Waals surface area contributed by atoms with Crippen molar-refractivity contribution < 1.29 is 23.1 Å². The number of amides is 1. The van der Waals surface area contributed by atoms with E-state index in [1.54, 1.807) is 30.3 Å². The molecule has 0 fully saturated rings. The number of nitrogens with zero attached hydrogens (tertiary/aromatic N) is 1. The van der Waals surface area contributed by atoms with Crippen molar-refractivity contribution in [3.63, 3.8) is 0 Å². The highest BCUT2D eigenvalue weighted by Gasteiger charge is 2.11. The molecule has 1 aromatic heterocycles. The second-order valence-electron chi connectivity index (χ2n) is 5.15. The van der Waals surface area contributed by atoms with Crippen LogP contribution in [-0.2, 0) is 0 Å². The highest BCUT2D eigenvalue weighted by molar-refractivity contribution is 5.95. The average molecular weight is 352 g/mol. The molecule has 3 aromatic rings. The van der Waals surface area contributed by atoms with E-state index in [1.165, 1.54) is 36.7 Å². The summed E-state index contributed by atoms with van der Waals surface area (Å²) < 4.78 is 23.2. The summed E-state index contributed by atoms with van der Waals surface area (Å²) in [5, 5.41) is 3.81. The van der Waals surface area contributed by atoms with Gasteiger partial charge in [-0.1, -0.05) is 18.2 Å². The molecule has 2 aromatic carbocycles. The molecule has 0 atom stereocenters. The molecule has 0 bridgehead atoms. The zero-order chi connectivity index (χ0) is 18.4. The predicted molar refractivity (Wildman–Crippen MR) is 91.6 cm³/mol. The smallest absolute Gasteiger partial charge is 0.379 e. The maximum absolute atomic E-state index is 13.1. The van der Waals surface area contributed by atoms with E-state index in [9.17, 15) is 14.0 Å². The number of rotatable bonds is 5. The molecule has 0 spiro atoms. The second-order valence-corrected chi connectivity index (χ2v) is 5.15. The van der Waals surface area contributed by atoms with Gasteiger partial charge in [0.25, 0.3) is 5.91 Å². The third-order valence-corrected chi connectivity index (χ3v) is 3.26. The zero-order valence-corrected chi connectivity index (χ0v) is 13.4. The largest absolute Gasteiger partial charge is 0.457 e. The summed E-state index contributed by atoms with van der Waals surface area (Å²) in [6, 6.07) is 14.9. The van der Waals surface area contributed by atoms with Crippen LogP contribution in [0, 0.1) is 5.82 Å². The van der Waals surface area contributed by atoms with Crippen LogP contribution in [-0.4, -0.2) is 18.1 Å². The molecule has 0 aliphatic carbocycles. The van der Waals surface area contributed by atoms with E-state index in [0.717, 1.165) is 6.07 Å². The van der Waals surface area contributed by atoms with Crippen LogP contribution in [0.3, 0.4) is 0 Å². The lowest BCUT2D eigenvalue weighted by atomic mass is 10.2. The Kier molecular flexibility index (Phi) is 5.19. The number of hydrogen-bond acceptors (Lipinski definition) is 5. The van der Waals surface area contributed by atoms with Crippen LogP contribution in [0.25, 0.3) is 0 Å². The molecule has 0 unspecified atom stereocenters. The Morgan fingerprint density at radius 2 is 1.92 bits per heavy atom. The fourth-order valence-corrected chi connectivity index (χ4v) is 2.07. The molecule has 130 valence electrons. The Balaban J connectivity index is 1.62. The van der Waals surface area contributed by atoms with Crippen LogP contribution in [0.15, 0.2) is 76.4 Å². The van der Waals surface area contributed by atoms with Crippen LogP contribution >= 0.6 is 0 Å². The quantitative estimate of drug-likeness (QED) is 0.330. The lowest BCUT2D eigenvalue weighted by molar-refractivity contribution is 0.0701. The Bertz CT molecular complexity index is 952. The normalized spacial score (nSPS) is 10.7. The van der Waals surface area contributed by atoms with Gasteiger partial charge in [-0.2, -0.15) is 5.10 Å². The molecule has 7 heteroatoms. The topological polar surface area (TPSA) is 80.9 Å². The number of benzene rings is 2. The first-order chi connectivity index (χ1) is 12.6. The Morgan fingerprint density at radius 3 is 2.69 bits per heavy atom. The number of ether oxygens (including phenoxy) is 1. The molecule has 3 rings (SSSR count). The molecular weight excluding hydrogens is 339 g/mol. The minimum absolute atomic E-state index is 0.0893. The standard InChI is InChI=1S/C19H13FN2O4/c20-15-6-2-5-14(11-15)18(23)22-21-12-13-4-1-7-16(10-13)26-19(24)17-8-3-9-25-17/h1-12H,(H,22,23)/b21-12+. The SMILES string of the molecule is O=C(N/N=C/c1cccc(OC(=O)c2ccco2)c1)c1cccc(F)c1. The van der Waals surface area contributed by atoms with Crippen LogP contribution < -0.4 is 10.2 Å². The molecule has 1 heterocycles. The van der Waals surface area contributed by atoms with Crippen molar-refractivity contribution in [1.29, 1.82) is 0 Å². The summed E-state index contributed by atoms with van der Waals surface area (Å²) >= 11 is 0. The number of hydrazone groups is 1. The molecule has 1 N–H and O–H groups in total. The molecule has 1 amide bonds. The highest BCUT2D eigenvalue weighted by atomic mass is 19.1. The summed E-state index contributed by atoms with van der Waals surface area (Å²) in [7, 11) is 0. The average Bonchev–Trinajstić information content (AvgIpc) is 3.17. The van der Waals surface area contributed by atoms with Gasteiger partial charge in [0.2, 0.25) is 5.76 Å². The molecule has 0 saturated carbocycles. The van der Waals surface area contributed by atoms with Gasteiger partial charge in [-0.3, -0.25) is 4.79 Å². The van der Waals surface area contributed by atoms with Crippen molar-refractivity contribution in [3.8, 4) is 5.75 Å². The van der Waals surface area contributed by atoms with E-state index in [2.05, 4.69) is 10.5 Å². The van der Waals surface area contributed by atoms with Gasteiger partial charge in [0, 0.05) is 5.56 Å². The lowest BCUT2D eigenvalue weighted by Crippen LogP contribution is -2.17. The first-order valence-electron chi connectivity index (χ1n) is 7.56. The Morgan fingerprint density at radius 1 is 1.08 bits per heavy atom. The monoisotopic (exact) mass is 352 g/mol. The van der Waals surface area contributed by atoms with Crippen molar-refractivity contribution in [3.05, 3.63) is 89.6 Å². The van der Waals surface area contributed by atoms with Crippen LogP contribution in [0.4, 0.5) is 4.39 Å². The van der Waals surface area contributed by atoms with Crippen molar-refractivity contribution >= 4 is 18.1 Å². The van der Waals surface area contributed by atoms with E-state index in [4.69, 9.17) is 9.15 Å². The fourth-order valence-electron chi connectivity index (χ4n) is 2.07. The predicted octanol–water partition coefficient (Wildman–Crippen LogP) is 3.40. The minimum atomic E-state index is -0.622. The third kappa shape index (κ3) is 4.41. The first kappa shape index (κ1) is 17.1. The number of carbonyl (C=O) groups is 2. The summed E-state index contributed by atoms with van der Waals surface area (Å²) in [6.07, 6.45) is 2.75. The molecule has 0 radical (unpaired) electrons. The van der Waals surface area contributed by atoms with E-state index in [0.29, 0.717) is 11.3 Å². The molecule has 6 nitrogen and oxygen atoms in total. The zero-order valence-electron chi connectivity index (χ0n) is 13.4. The van der Waals surface area contributed by atoms with Gasteiger partial charge >= 0.3 is 5.97 Å². The number of furan rings is 1. The molecule has 0 aliphatic rings. The van der Waals surface area contributed by atoms with Crippen molar-refractivity contribution in [2.45, 2.75) is 0 Å². The van der Waals surface area contributed by atoms with Crippen LogP contribution in [0.1, 0.15) is 26.5 Å². The number of hydrogen-bond donors (Lipinski definition) is 1. The van der Waals surface area contributed by atoms with Gasteiger partial charge in [0.1, 0.15) is 11.6 Å². The van der Waals surface area contributed by atoms with Gasteiger partial charge in [0.15, 0.2) is 0 Å². The van der Waals surface area contributed by atoms with Gasteiger partial charge in [0.05, 0.1) is 12.5 Å². The fraction of sp³-hybridized carbons (Fsp3) is 0. The summed E-state index contributed by atoms with van der Waals surface area (Å²) in [6.45, 7) is 0. The molecular formula is C19H13FN2O4. The summed E-state index contributed by atoms with van der Waals surface area (Å²) in [5.74, 6) is -1.28. The number of carbonyl (C=O) groups excluding carboxylic acids is 2. The molecule has 0 aliphatic heterocycles. The minimum Gasteiger partial charge on any atom is -0.457 e. The van der Waals surface area contributed by atoms with Gasteiger partial charge in [-0.05, 0) is 48.0 Å². The third-order valence-electron chi connectivity index (χ3n) is 3.26. The number of nitrogens with one attached hydrogen (secondary N) is 1. The van der Waals surface area contributed by atoms with Gasteiger partial charge < -0.3 is 9.15 Å². The number of halogens is 1. The van der Waals surface area contributed by atoms with E-state index >= 15 is 0 Å². The van der Waals surface area contributed by atoms with Crippen molar-refractivity contribution in [1.82, 2.24) is 5.43 Å². The highest BCUT2D eigenvalue weighted by Crippen LogP contribution is 2.14. The maximum Gasteiger partial charge on any atom is 0.379 e. The van der Waals surface area contributed by atoms with Crippen molar-refractivity contribution in [2.75, 3.05) is 0 Å². The van der Waals surface area contributed by atoms with Crippen molar-refractivity contribution in [2.24, 2.45) is 5.10 Å². The van der Waals surface area contributed by atoms with E-state index < -0.39 is 17.7 Å².